The second-order valence-corrected chi connectivity index (χ2v) is 8.87. The summed E-state index contributed by atoms with van der Waals surface area (Å²) in [6, 6.07) is 17.1. The van der Waals surface area contributed by atoms with E-state index in [0.29, 0.717) is 25.1 Å². The molecule has 0 unspecified atom stereocenters. The van der Waals surface area contributed by atoms with Crippen molar-refractivity contribution in [2.24, 2.45) is 0 Å². The van der Waals surface area contributed by atoms with Crippen molar-refractivity contribution in [2.75, 3.05) is 20.1 Å². The lowest BCUT2D eigenvalue weighted by Crippen LogP contribution is -2.58. The summed E-state index contributed by atoms with van der Waals surface area (Å²) in [6.07, 6.45) is 4.98. The van der Waals surface area contributed by atoms with Gasteiger partial charge in [-0.2, -0.15) is 0 Å². The highest BCUT2D eigenvalue weighted by Gasteiger charge is 2.36. The lowest BCUT2D eigenvalue weighted by atomic mass is 9.97. The number of aromatic nitrogens is 1. The van der Waals surface area contributed by atoms with Crippen molar-refractivity contribution >= 4 is 11.8 Å². The fourth-order valence-electron chi connectivity index (χ4n) is 4.66. The number of piperazine rings is 1. The van der Waals surface area contributed by atoms with Crippen molar-refractivity contribution in [3.8, 4) is 16.9 Å². The van der Waals surface area contributed by atoms with E-state index >= 15 is 0 Å². The predicted octanol–water partition coefficient (Wildman–Crippen LogP) is 3.60. The number of nitrogens with zero attached hydrogens (tertiary/aromatic N) is 3. The molecule has 2 aromatic carbocycles. The summed E-state index contributed by atoms with van der Waals surface area (Å²) in [5, 5.41) is 0. The van der Waals surface area contributed by atoms with E-state index in [4.69, 9.17) is 4.74 Å². The van der Waals surface area contributed by atoms with Gasteiger partial charge in [-0.25, -0.2) is 0 Å². The summed E-state index contributed by atoms with van der Waals surface area (Å²) in [6.45, 7) is 3.08. The lowest BCUT2D eigenvalue weighted by Gasteiger charge is -2.39. The van der Waals surface area contributed by atoms with E-state index in [1.54, 1.807) is 23.0 Å². The average molecular weight is 442 g/mol. The Balaban J connectivity index is 1.38. The van der Waals surface area contributed by atoms with Gasteiger partial charge in [0.05, 0.1) is 0 Å². The van der Waals surface area contributed by atoms with Crippen LogP contribution < -0.4 is 4.74 Å². The molecule has 0 radical (unpaired) electrons. The van der Waals surface area contributed by atoms with Gasteiger partial charge in [0, 0.05) is 50.9 Å². The molecule has 0 aliphatic carbocycles. The number of ether oxygens (including phenoxy) is 1. The van der Waals surface area contributed by atoms with Crippen LogP contribution in [0, 0.1) is 0 Å². The fraction of sp³-hybridized carbons (Fsp3) is 0.296. The molecule has 0 spiro atoms. The van der Waals surface area contributed by atoms with Gasteiger partial charge in [0.2, 0.25) is 5.91 Å². The molecule has 2 aliphatic heterocycles. The molecule has 3 aromatic rings. The summed E-state index contributed by atoms with van der Waals surface area (Å²) in [5.74, 6) is 0.721. The summed E-state index contributed by atoms with van der Waals surface area (Å²) < 4.78 is 5.77. The number of fused-ring (bicyclic) bond motifs is 1. The minimum absolute atomic E-state index is 0.0240. The molecule has 2 aliphatic rings. The van der Waals surface area contributed by atoms with Gasteiger partial charge >= 0.3 is 0 Å². The number of hydrogen-bond donors (Lipinski definition) is 0. The first kappa shape index (κ1) is 21.2. The zero-order valence-corrected chi connectivity index (χ0v) is 18.9. The molecular formula is C27H27N3O3. The molecule has 33 heavy (non-hydrogen) atoms. The van der Waals surface area contributed by atoms with Crippen LogP contribution in [0.5, 0.6) is 5.75 Å². The normalized spacial score (nSPS) is 19.9. The Kier molecular flexibility index (Phi) is 5.58. The minimum Gasteiger partial charge on any atom is -0.490 e. The van der Waals surface area contributed by atoms with Crippen molar-refractivity contribution in [1.82, 2.24) is 14.8 Å². The van der Waals surface area contributed by atoms with E-state index in [1.807, 2.05) is 67.7 Å². The van der Waals surface area contributed by atoms with Crippen LogP contribution in [-0.4, -0.2) is 58.9 Å². The number of carbonyl (C=O) groups excluding carboxylic acids is 2. The number of benzene rings is 2. The average Bonchev–Trinajstić information content (AvgIpc) is 3.22. The van der Waals surface area contributed by atoms with Crippen LogP contribution in [0.3, 0.4) is 0 Å². The number of carbonyl (C=O) groups is 2. The maximum Gasteiger partial charge on any atom is 0.254 e. The van der Waals surface area contributed by atoms with Gasteiger partial charge in [-0.3, -0.25) is 14.6 Å². The van der Waals surface area contributed by atoms with Gasteiger partial charge in [0.1, 0.15) is 17.9 Å². The summed E-state index contributed by atoms with van der Waals surface area (Å²) in [4.78, 5) is 34.2. The van der Waals surface area contributed by atoms with Crippen LogP contribution in [0.1, 0.15) is 28.4 Å². The molecule has 0 N–H and O–H groups in total. The first-order valence-corrected chi connectivity index (χ1v) is 11.3. The van der Waals surface area contributed by atoms with Crippen LogP contribution in [-0.2, 0) is 17.6 Å². The Bertz CT molecular complexity index is 1180. The largest absolute Gasteiger partial charge is 0.490 e. The van der Waals surface area contributed by atoms with Gasteiger partial charge in [-0.05, 0) is 53.4 Å². The zero-order valence-electron chi connectivity index (χ0n) is 18.9. The first-order valence-electron chi connectivity index (χ1n) is 11.3. The van der Waals surface area contributed by atoms with E-state index in [-0.39, 0.29) is 17.9 Å². The topological polar surface area (TPSA) is 62.7 Å². The van der Waals surface area contributed by atoms with E-state index in [0.717, 1.165) is 34.4 Å². The minimum atomic E-state index is -0.524. The predicted molar refractivity (Wildman–Crippen MR) is 126 cm³/mol. The third-order valence-corrected chi connectivity index (χ3v) is 6.50. The fourth-order valence-corrected chi connectivity index (χ4v) is 4.66. The lowest BCUT2D eigenvalue weighted by molar-refractivity contribution is -0.138. The molecule has 0 bridgehead atoms. The van der Waals surface area contributed by atoms with Crippen LogP contribution in [0.15, 0.2) is 67.0 Å². The molecule has 1 fully saturated rings. The van der Waals surface area contributed by atoms with Crippen LogP contribution >= 0.6 is 0 Å². The van der Waals surface area contributed by atoms with Crippen LogP contribution in [0.2, 0.25) is 0 Å². The quantitative estimate of drug-likeness (QED) is 0.621. The summed E-state index contributed by atoms with van der Waals surface area (Å²) in [5.41, 5.74) is 4.80. The summed E-state index contributed by atoms with van der Waals surface area (Å²) in [7, 11) is 1.80. The van der Waals surface area contributed by atoms with E-state index in [1.165, 1.54) is 0 Å². The van der Waals surface area contributed by atoms with Crippen molar-refractivity contribution in [3.63, 3.8) is 0 Å². The Labute approximate surface area is 193 Å². The molecule has 1 aromatic heterocycles. The van der Waals surface area contributed by atoms with Gasteiger partial charge < -0.3 is 14.5 Å². The third kappa shape index (κ3) is 4.21. The molecule has 0 saturated carbocycles. The zero-order chi connectivity index (χ0) is 22.9. The van der Waals surface area contributed by atoms with E-state index in [2.05, 4.69) is 4.98 Å². The molecule has 5 rings (SSSR count). The number of pyridine rings is 1. The van der Waals surface area contributed by atoms with Crippen molar-refractivity contribution < 1.29 is 14.3 Å². The number of likely N-dealkylation sites (N-methyl/N-ethyl adjacent to an activating group) is 1. The van der Waals surface area contributed by atoms with Gasteiger partial charge in [0.15, 0.2) is 0 Å². The maximum atomic E-state index is 13.5. The molecule has 6 heteroatoms. The summed E-state index contributed by atoms with van der Waals surface area (Å²) >= 11 is 0. The van der Waals surface area contributed by atoms with E-state index < -0.39 is 6.04 Å². The van der Waals surface area contributed by atoms with Crippen molar-refractivity contribution in [2.45, 2.75) is 31.9 Å². The van der Waals surface area contributed by atoms with Crippen LogP contribution in [0.4, 0.5) is 0 Å². The molecule has 6 nitrogen and oxygen atoms in total. The van der Waals surface area contributed by atoms with E-state index in [9.17, 15) is 9.59 Å². The first-order chi connectivity index (χ1) is 16.0. The molecule has 2 atom stereocenters. The second-order valence-electron chi connectivity index (χ2n) is 8.87. The number of hydrogen-bond acceptors (Lipinski definition) is 4. The number of rotatable bonds is 4. The van der Waals surface area contributed by atoms with Crippen LogP contribution in [0.25, 0.3) is 11.1 Å². The molecule has 3 heterocycles. The molecule has 168 valence electrons. The standard InChI is InChI=1S/C27H27N3O3/c1-18-14-23-16-21(9-10-25(23)33-18)26(31)30-13-12-29(2)27(32)24(30)15-19-5-7-20(8-6-19)22-4-3-11-28-17-22/h3-11,16-18,24H,12-15H2,1-2H3/t18-,24+/m0/s1. The second kappa shape index (κ2) is 8.70. The van der Waals surface area contributed by atoms with Gasteiger partial charge in [-0.1, -0.05) is 30.3 Å². The Morgan fingerprint density at radius 3 is 2.67 bits per heavy atom. The highest BCUT2D eigenvalue weighted by Crippen LogP contribution is 2.30. The monoisotopic (exact) mass is 441 g/mol. The maximum absolute atomic E-state index is 13.5. The molecule has 2 amide bonds. The highest BCUT2D eigenvalue weighted by molar-refractivity contribution is 5.98. The Hall–Kier alpha value is -3.67. The van der Waals surface area contributed by atoms with Gasteiger partial charge in [-0.15, -0.1) is 0 Å². The molecule has 1 saturated heterocycles. The highest BCUT2D eigenvalue weighted by atomic mass is 16.5. The van der Waals surface area contributed by atoms with Crippen molar-refractivity contribution in [3.05, 3.63) is 83.7 Å². The van der Waals surface area contributed by atoms with Crippen molar-refractivity contribution in [1.29, 1.82) is 0 Å². The Morgan fingerprint density at radius 1 is 1.09 bits per heavy atom. The molecular weight excluding hydrogens is 414 g/mol. The SMILES string of the molecule is C[C@H]1Cc2cc(C(=O)N3CCN(C)C(=O)[C@H]3Cc3ccc(-c4cccnc4)cc3)ccc2O1. The van der Waals surface area contributed by atoms with Gasteiger partial charge in [0.25, 0.3) is 5.91 Å². The third-order valence-electron chi connectivity index (χ3n) is 6.50. The Morgan fingerprint density at radius 2 is 1.91 bits per heavy atom. The smallest absolute Gasteiger partial charge is 0.254 e. The number of amides is 2.